The molecule has 1 amide bonds. The van der Waals surface area contributed by atoms with Crippen molar-refractivity contribution in [2.45, 2.75) is 25.4 Å². The summed E-state index contributed by atoms with van der Waals surface area (Å²) in [5.74, 6) is -0.0735. The van der Waals surface area contributed by atoms with Gasteiger partial charge in [0, 0.05) is 51.3 Å². The fraction of sp³-hybridized carbons (Fsp3) is 0.533. The van der Waals surface area contributed by atoms with Crippen molar-refractivity contribution in [3.8, 4) is 0 Å². The monoisotopic (exact) mass is 302 g/mol. The lowest BCUT2D eigenvalue weighted by Gasteiger charge is -2.32. The first-order valence-corrected chi connectivity index (χ1v) is 7.71. The number of rotatable bonds is 5. The average molecular weight is 302 g/mol. The van der Waals surface area contributed by atoms with Gasteiger partial charge in [-0.3, -0.25) is 14.2 Å². The number of carbonyl (C=O) groups excluding carboxylic acids is 1. The van der Waals surface area contributed by atoms with Gasteiger partial charge in [-0.15, -0.1) is 0 Å². The van der Waals surface area contributed by atoms with Gasteiger partial charge in [-0.2, -0.15) is 10.2 Å². The molecule has 0 atom stereocenters. The number of hydrogen-bond donors (Lipinski definition) is 1. The Labute approximate surface area is 129 Å². The van der Waals surface area contributed by atoms with Crippen LogP contribution in [0.2, 0.25) is 0 Å². The Balaban J connectivity index is 1.41. The Bertz CT molecular complexity index is 597. The molecule has 0 aromatic carbocycles. The van der Waals surface area contributed by atoms with Gasteiger partial charge in [0.1, 0.15) is 5.69 Å². The molecule has 118 valence electrons. The molecule has 1 aliphatic heterocycles. The number of likely N-dealkylation sites (tertiary alicyclic amines) is 1. The molecule has 0 radical (unpaired) electrons. The third kappa shape index (κ3) is 3.73. The van der Waals surface area contributed by atoms with Crippen LogP contribution in [0, 0.1) is 0 Å². The van der Waals surface area contributed by atoms with Crippen LogP contribution in [-0.4, -0.2) is 56.0 Å². The molecule has 1 fully saturated rings. The SMILES string of the molecule is Cn1ccc(C(=O)NC2CCN(CCn3cccn3)CC2)n1. The number of nitrogens with one attached hydrogen (secondary N) is 1. The molecule has 0 saturated carbocycles. The van der Waals surface area contributed by atoms with Gasteiger partial charge in [0.2, 0.25) is 0 Å². The predicted molar refractivity (Wildman–Crippen MR) is 82.4 cm³/mol. The van der Waals surface area contributed by atoms with E-state index < -0.39 is 0 Å². The molecule has 3 heterocycles. The largest absolute Gasteiger partial charge is 0.348 e. The Morgan fingerprint density at radius 1 is 1.32 bits per heavy atom. The van der Waals surface area contributed by atoms with E-state index in [0.717, 1.165) is 39.0 Å². The highest BCUT2D eigenvalue weighted by molar-refractivity contribution is 5.92. The molecule has 0 spiro atoms. The number of hydrogen-bond acceptors (Lipinski definition) is 4. The molecule has 0 bridgehead atoms. The first-order chi connectivity index (χ1) is 10.7. The summed E-state index contributed by atoms with van der Waals surface area (Å²) in [6, 6.07) is 3.93. The van der Waals surface area contributed by atoms with Crippen molar-refractivity contribution in [2.24, 2.45) is 7.05 Å². The van der Waals surface area contributed by atoms with Crippen LogP contribution in [0.4, 0.5) is 0 Å². The zero-order valence-electron chi connectivity index (χ0n) is 12.9. The van der Waals surface area contributed by atoms with Crippen LogP contribution < -0.4 is 5.32 Å². The summed E-state index contributed by atoms with van der Waals surface area (Å²) in [6.45, 7) is 3.93. The van der Waals surface area contributed by atoms with E-state index in [1.165, 1.54) is 0 Å². The summed E-state index contributed by atoms with van der Waals surface area (Å²) in [7, 11) is 1.81. The summed E-state index contributed by atoms with van der Waals surface area (Å²) in [6.07, 6.45) is 7.54. The molecule has 0 unspecified atom stereocenters. The van der Waals surface area contributed by atoms with Crippen LogP contribution in [-0.2, 0) is 13.6 Å². The molecule has 22 heavy (non-hydrogen) atoms. The van der Waals surface area contributed by atoms with E-state index in [9.17, 15) is 4.79 Å². The van der Waals surface area contributed by atoms with Crippen LogP contribution in [0.25, 0.3) is 0 Å². The van der Waals surface area contributed by atoms with E-state index in [1.807, 2.05) is 24.0 Å². The smallest absolute Gasteiger partial charge is 0.271 e. The fourth-order valence-corrected chi connectivity index (χ4v) is 2.77. The van der Waals surface area contributed by atoms with Gasteiger partial charge in [0.15, 0.2) is 0 Å². The lowest BCUT2D eigenvalue weighted by Crippen LogP contribution is -2.45. The second-order valence-corrected chi connectivity index (χ2v) is 5.73. The summed E-state index contributed by atoms with van der Waals surface area (Å²) in [5.41, 5.74) is 0.489. The highest BCUT2D eigenvalue weighted by atomic mass is 16.2. The van der Waals surface area contributed by atoms with Gasteiger partial charge < -0.3 is 10.2 Å². The average Bonchev–Trinajstić information content (AvgIpc) is 3.18. The van der Waals surface area contributed by atoms with Gasteiger partial charge in [-0.25, -0.2) is 0 Å². The maximum Gasteiger partial charge on any atom is 0.271 e. The molecule has 7 heteroatoms. The van der Waals surface area contributed by atoms with E-state index in [2.05, 4.69) is 20.4 Å². The normalized spacial score (nSPS) is 16.8. The first-order valence-electron chi connectivity index (χ1n) is 7.71. The van der Waals surface area contributed by atoms with Crippen LogP contribution in [0.3, 0.4) is 0 Å². The van der Waals surface area contributed by atoms with E-state index in [0.29, 0.717) is 5.69 Å². The van der Waals surface area contributed by atoms with Crippen molar-refractivity contribution >= 4 is 5.91 Å². The Kier molecular flexibility index (Phi) is 4.53. The molecule has 2 aromatic heterocycles. The van der Waals surface area contributed by atoms with Gasteiger partial charge in [0.05, 0.1) is 6.54 Å². The number of piperidine rings is 1. The maximum absolute atomic E-state index is 12.1. The number of aromatic nitrogens is 4. The van der Waals surface area contributed by atoms with Gasteiger partial charge in [-0.1, -0.05) is 0 Å². The van der Waals surface area contributed by atoms with Crippen LogP contribution in [0.15, 0.2) is 30.7 Å². The number of amides is 1. The number of carbonyl (C=O) groups is 1. The van der Waals surface area contributed by atoms with E-state index in [-0.39, 0.29) is 11.9 Å². The first kappa shape index (κ1) is 14.8. The van der Waals surface area contributed by atoms with Gasteiger partial charge in [-0.05, 0) is 25.0 Å². The maximum atomic E-state index is 12.1. The third-order valence-corrected chi connectivity index (χ3v) is 4.07. The van der Waals surface area contributed by atoms with Crippen molar-refractivity contribution in [3.05, 3.63) is 36.4 Å². The Morgan fingerprint density at radius 2 is 2.14 bits per heavy atom. The fourth-order valence-electron chi connectivity index (χ4n) is 2.77. The minimum absolute atomic E-state index is 0.0735. The zero-order valence-corrected chi connectivity index (χ0v) is 12.9. The van der Waals surface area contributed by atoms with Gasteiger partial charge in [0.25, 0.3) is 5.91 Å². The molecule has 2 aromatic rings. The molecule has 0 aliphatic carbocycles. The lowest BCUT2D eigenvalue weighted by atomic mass is 10.0. The molecule has 7 nitrogen and oxygen atoms in total. The second-order valence-electron chi connectivity index (χ2n) is 5.73. The van der Waals surface area contributed by atoms with Crippen molar-refractivity contribution in [2.75, 3.05) is 19.6 Å². The molecular weight excluding hydrogens is 280 g/mol. The van der Waals surface area contributed by atoms with Crippen LogP contribution in [0.5, 0.6) is 0 Å². The molecule has 1 N–H and O–H groups in total. The van der Waals surface area contributed by atoms with Crippen molar-refractivity contribution < 1.29 is 4.79 Å². The van der Waals surface area contributed by atoms with E-state index in [1.54, 1.807) is 23.1 Å². The number of aryl methyl sites for hydroxylation is 1. The summed E-state index contributed by atoms with van der Waals surface area (Å²) in [4.78, 5) is 14.5. The summed E-state index contributed by atoms with van der Waals surface area (Å²) >= 11 is 0. The van der Waals surface area contributed by atoms with E-state index in [4.69, 9.17) is 0 Å². The minimum atomic E-state index is -0.0735. The molecule has 1 saturated heterocycles. The Morgan fingerprint density at radius 3 is 2.77 bits per heavy atom. The third-order valence-electron chi connectivity index (χ3n) is 4.07. The summed E-state index contributed by atoms with van der Waals surface area (Å²) < 4.78 is 3.60. The second kappa shape index (κ2) is 6.74. The highest BCUT2D eigenvalue weighted by Crippen LogP contribution is 2.11. The van der Waals surface area contributed by atoms with Gasteiger partial charge >= 0.3 is 0 Å². The van der Waals surface area contributed by atoms with Crippen molar-refractivity contribution in [1.82, 2.24) is 29.8 Å². The minimum Gasteiger partial charge on any atom is -0.348 e. The molecule has 3 rings (SSSR count). The summed E-state index contributed by atoms with van der Waals surface area (Å²) in [5, 5.41) is 11.4. The van der Waals surface area contributed by atoms with Crippen molar-refractivity contribution in [1.29, 1.82) is 0 Å². The molecular formula is C15H22N6O. The zero-order chi connectivity index (χ0) is 15.4. The predicted octanol–water partition coefficient (Wildman–Crippen LogP) is 0.511. The van der Waals surface area contributed by atoms with Crippen molar-refractivity contribution in [3.63, 3.8) is 0 Å². The van der Waals surface area contributed by atoms with Crippen LogP contribution in [0.1, 0.15) is 23.3 Å². The number of nitrogens with zero attached hydrogens (tertiary/aromatic N) is 5. The quantitative estimate of drug-likeness (QED) is 0.874. The topological polar surface area (TPSA) is 68.0 Å². The highest BCUT2D eigenvalue weighted by Gasteiger charge is 2.21. The lowest BCUT2D eigenvalue weighted by molar-refractivity contribution is 0.0904. The van der Waals surface area contributed by atoms with E-state index >= 15 is 0 Å². The Hall–Kier alpha value is -2.15. The molecule has 1 aliphatic rings. The standard InChI is InChI=1S/C15H22N6O/c1-19-8-5-14(18-19)15(22)17-13-3-9-20(10-4-13)11-12-21-7-2-6-16-21/h2,5-8,13H,3-4,9-12H2,1H3,(H,17,22). The van der Waals surface area contributed by atoms with Crippen LogP contribution >= 0.6 is 0 Å².